The van der Waals surface area contributed by atoms with Crippen LogP contribution in [0, 0.1) is 0 Å². The van der Waals surface area contributed by atoms with Crippen LogP contribution < -0.4 is 10.1 Å². The number of nitrogens with zero attached hydrogens (tertiary/aromatic N) is 2. The summed E-state index contributed by atoms with van der Waals surface area (Å²) in [4.78, 5) is 19.6. The minimum absolute atomic E-state index is 0.158. The molecule has 0 fully saturated rings. The number of rotatable bonds is 5. The second-order valence-corrected chi connectivity index (χ2v) is 5.01. The Morgan fingerprint density at radius 3 is 2.90 bits per heavy atom. The van der Waals surface area contributed by atoms with E-state index < -0.39 is 0 Å². The third-order valence-corrected chi connectivity index (χ3v) is 3.17. The summed E-state index contributed by atoms with van der Waals surface area (Å²) in [6, 6.07) is 7.58. The summed E-state index contributed by atoms with van der Waals surface area (Å²) < 4.78 is 6.62. The smallest absolute Gasteiger partial charge is 0.271 e. The number of hydrogen-bond donors (Lipinski definition) is 1. The fraction of sp³-hybridized carbons (Fsp3) is 0.214. The van der Waals surface area contributed by atoms with Crippen molar-refractivity contribution in [1.29, 1.82) is 0 Å². The van der Waals surface area contributed by atoms with E-state index in [4.69, 9.17) is 4.74 Å². The number of ether oxygens (including phenoxy) is 1. The summed E-state index contributed by atoms with van der Waals surface area (Å²) in [5.41, 5.74) is 0.292. The van der Waals surface area contributed by atoms with Crippen LogP contribution in [-0.2, 0) is 0 Å². The van der Waals surface area contributed by atoms with E-state index >= 15 is 0 Å². The predicted molar refractivity (Wildman–Crippen MR) is 78.6 cm³/mol. The van der Waals surface area contributed by atoms with Gasteiger partial charge in [0, 0.05) is 12.4 Å². The first-order chi connectivity index (χ1) is 9.66. The number of hydrogen-bond acceptors (Lipinski definition) is 4. The first-order valence-electron chi connectivity index (χ1n) is 6.12. The Bertz CT molecular complexity index is 578. The summed E-state index contributed by atoms with van der Waals surface area (Å²) in [5.74, 6) is 0.481. The molecule has 0 saturated heterocycles. The Kier molecular flexibility index (Phi) is 5.06. The van der Waals surface area contributed by atoms with Crippen LogP contribution >= 0.6 is 15.9 Å². The predicted octanol–water partition coefficient (Wildman–Crippen LogP) is 2.44. The second-order valence-electron chi connectivity index (χ2n) is 4.16. The van der Waals surface area contributed by atoms with Gasteiger partial charge < -0.3 is 10.1 Å². The van der Waals surface area contributed by atoms with Crippen LogP contribution in [0.1, 0.15) is 17.4 Å². The Balaban J connectivity index is 1.85. The highest BCUT2D eigenvalue weighted by atomic mass is 79.9. The summed E-state index contributed by atoms with van der Waals surface area (Å²) in [7, 11) is 0. The number of carbonyl (C=O) groups is 1. The van der Waals surface area contributed by atoms with Crippen molar-refractivity contribution in [3.05, 3.63) is 53.0 Å². The third kappa shape index (κ3) is 4.03. The van der Waals surface area contributed by atoms with Crippen molar-refractivity contribution in [2.24, 2.45) is 0 Å². The summed E-state index contributed by atoms with van der Waals surface area (Å²) >= 11 is 3.41. The number of carbonyl (C=O) groups excluding carboxylic acids is 1. The number of para-hydroxylation sites is 1. The average Bonchev–Trinajstić information content (AvgIpc) is 2.48. The molecular weight excluding hydrogens is 322 g/mol. The molecule has 104 valence electrons. The standard InChI is InChI=1S/C14H14BrN3O2/c1-10(20-13-5-3-2-4-11(13)15)8-18-14(19)12-9-16-6-7-17-12/h2-7,9-10H,8H2,1H3,(H,18,19)/t10-/m0/s1. The largest absolute Gasteiger partial charge is 0.488 e. The second kappa shape index (κ2) is 7.00. The van der Waals surface area contributed by atoms with Gasteiger partial charge in [0.05, 0.1) is 17.2 Å². The van der Waals surface area contributed by atoms with Crippen molar-refractivity contribution in [1.82, 2.24) is 15.3 Å². The molecule has 1 aromatic carbocycles. The minimum Gasteiger partial charge on any atom is -0.488 e. The number of aromatic nitrogens is 2. The van der Waals surface area contributed by atoms with Crippen LogP contribution in [0.2, 0.25) is 0 Å². The van der Waals surface area contributed by atoms with Crippen molar-refractivity contribution in [2.75, 3.05) is 6.54 Å². The first-order valence-corrected chi connectivity index (χ1v) is 6.91. The highest BCUT2D eigenvalue weighted by Gasteiger charge is 2.10. The molecule has 0 bridgehead atoms. The molecule has 0 aliphatic rings. The van der Waals surface area contributed by atoms with Crippen LogP contribution in [0.5, 0.6) is 5.75 Å². The molecule has 2 rings (SSSR count). The normalized spacial score (nSPS) is 11.7. The van der Waals surface area contributed by atoms with Gasteiger partial charge in [-0.1, -0.05) is 12.1 Å². The molecule has 0 radical (unpaired) electrons. The summed E-state index contributed by atoms with van der Waals surface area (Å²) in [5, 5.41) is 2.76. The zero-order valence-corrected chi connectivity index (χ0v) is 12.5. The highest BCUT2D eigenvalue weighted by Crippen LogP contribution is 2.24. The average molecular weight is 336 g/mol. The molecule has 1 N–H and O–H groups in total. The molecular formula is C14H14BrN3O2. The van der Waals surface area contributed by atoms with Gasteiger partial charge in [0.2, 0.25) is 0 Å². The van der Waals surface area contributed by atoms with Crippen LogP contribution in [0.15, 0.2) is 47.3 Å². The van der Waals surface area contributed by atoms with Crippen molar-refractivity contribution in [3.8, 4) is 5.75 Å². The molecule has 0 aliphatic heterocycles. The van der Waals surface area contributed by atoms with E-state index in [9.17, 15) is 4.79 Å². The lowest BCUT2D eigenvalue weighted by molar-refractivity contribution is 0.0926. The molecule has 0 aliphatic carbocycles. The fourth-order valence-corrected chi connectivity index (χ4v) is 1.92. The highest BCUT2D eigenvalue weighted by molar-refractivity contribution is 9.10. The van der Waals surface area contributed by atoms with E-state index in [1.165, 1.54) is 18.6 Å². The Morgan fingerprint density at radius 1 is 1.40 bits per heavy atom. The first kappa shape index (κ1) is 14.5. The zero-order chi connectivity index (χ0) is 14.4. The van der Waals surface area contributed by atoms with Crippen LogP contribution in [0.4, 0.5) is 0 Å². The lowest BCUT2D eigenvalue weighted by Crippen LogP contribution is -2.34. The molecule has 5 nitrogen and oxygen atoms in total. The van der Waals surface area contributed by atoms with E-state index in [0.29, 0.717) is 12.2 Å². The fourth-order valence-electron chi connectivity index (χ4n) is 1.54. The monoisotopic (exact) mass is 335 g/mol. The lowest BCUT2D eigenvalue weighted by atomic mass is 10.3. The van der Waals surface area contributed by atoms with Gasteiger partial charge in [-0.2, -0.15) is 0 Å². The minimum atomic E-state index is -0.263. The van der Waals surface area contributed by atoms with Crippen molar-refractivity contribution >= 4 is 21.8 Å². The zero-order valence-electron chi connectivity index (χ0n) is 10.9. The van der Waals surface area contributed by atoms with Crippen molar-refractivity contribution in [2.45, 2.75) is 13.0 Å². The van der Waals surface area contributed by atoms with Crippen LogP contribution in [0.25, 0.3) is 0 Å². The van der Waals surface area contributed by atoms with E-state index in [-0.39, 0.29) is 12.0 Å². The maximum atomic E-state index is 11.8. The third-order valence-electron chi connectivity index (χ3n) is 2.51. The van der Waals surface area contributed by atoms with E-state index in [0.717, 1.165) is 10.2 Å². The van der Waals surface area contributed by atoms with Gasteiger partial charge in [-0.3, -0.25) is 9.78 Å². The lowest BCUT2D eigenvalue weighted by Gasteiger charge is -2.16. The molecule has 1 heterocycles. The number of nitrogens with one attached hydrogen (secondary N) is 1. The van der Waals surface area contributed by atoms with Gasteiger partial charge >= 0.3 is 0 Å². The Labute approximate surface area is 125 Å². The van der Waals surface area contributed by atoms with Crippen molar-refractivity contribution in [3.63, 3.8) is 0 Å². The molecule has 1 amide bonds. The summed E-state index contributed by atoms with van der Waals surface area (Å²) in [6.45, 7) is 2.27. The quantitative estimate of drug-likeness (QED) is 0.911. The maximum Gasteiger partial charge on any atom is 0.271 e. The number of benzene rings is 1. The maximum absolute atomic E-state index is 11.8. The molecule has 1 atom stereocenters. The van der Waals surface area contributed by atoms with Gasteiger partial charge in [-0.15, -0.1) is 0 Å². The van der Waals surface area contributed by atoms with Gasteiger partial charge in [0.1, 0.15) is 17.5 Å². The SMILES string of the molecule is C[C@@H](CNC(=O)c1cnccn1)Oc1ccccc1Br. The van der Waals surface area contributed by atoms with E-state index in [1.54, 1.807) is 0 Å². The van der Waals surface area contributed by atoms with Gasteiger partial charge in [0.25, 0.3) is 5.91 Å². The number of halogens is 1. The molecule has 1 aromatic heterocycles. The van der Waals surface area contributed by atoms with E-state index in [2.05, 4.69) is 31.2 Å². The van der Waals surface area contributed by atoms with Gasteiger partial charge in [-0.05, 0) is 35.0 Å². The van der Waals surface area contributed by atoms with Crippen molar-refractivity contribution < 1.29 is 9.53 Å². The molecule has 2 aromatic rings. The molecule has 0 unspecified atom stereocenters. The Hall–Kier alpha value is -1.95. The number of amides is 1. The van der Waals surface area contributed by atoms with Crippen LogP contribution in [0.3, 0.4) is 0 Å². The molecule has 0 spiro atoms. The van der Waals surface area contributed by atoms with Crippen LogP contribution in [-0.4, -0.2) is 28.5 Å². The molecule has 6 heteroatoms. The van der Waals surface area contributed by atoms with Gasteiger partial charge in [-0.25, -0.2) is 4.98 Å². The Morgan fingerprint density at radius 2 is 2.20 bits per heavy atom. The molecule has 20 heavy (non-hydrogen) atoms. The van der Waals surface area contributed by atoms with Gasteiger partial charge in [0.15, 0.2) is 0 Å². The topological polar surface area (TPSA) is 64.1 Å². The summed E-state index contributed by atoms with van der Waals surface area (Å²) in [6.07, 6.45) is 4.27. The van der Waals surface area contributed by atoms with E-state index in [1.807, 2.05) is 31.2 Å². The molecule has 0 saturated carbocycles.